The van der Waals surface area contributed by atoms with Crippen LogP contribution in [-0.4, -0.2) is 36.5 Å². The second kappa shape index (κ2) is 11.1. The molecule has 0 amide bonds. The zero-order valence-electron chi connectivity index (χ0n) is 19.5. The number of rotatable bonds is 6. The highest BCUT2D eigenvalue weighted by atomic mass is 19.4. The van der Waals surface area contributed by atoms with E-state index in [2.05, 4.69) is 4.99 Å². The van der Waals surface area contributed by atoms with E-state index in [0.29, 0.717) is 41.6 Å². The molecule has 1 aliphatic carbocycles. The fourth-order valence-electron chi connectivity index (χ4n) is 5.04. The SMILES string of the molecule is C/C=C(\N=C(OC)C1CCCN1C(=N)N)c1ccc(CCC2CCCCC2)c(C(F)(F)F)c1. The van der Waals surface area contributed by atoms with Crippen molar-refractivity contribution in [3.05, 3.63) is 41.0 Å². The molecule has 0 spiro atoms. The van der Waals surface area contributed by atoms with Crippen LogP contribution in [0.15, 0.2) is 29.3 Å². The minimum Gasteiger partial charge on any atom is -0.483 e. The summed E-state index contributed by atoms with van der Waals surface area (Å²) in [6.45, 7) is 2.37. The Labute approximate surface area is 194 Å². The summed E-state index contributed by atoms with van der Waals surface area (Å²) >= 11 is 0. The van der Waals surface area contributed by atoms with Gasteiger partial charge in [-0.05, 0) is 50.2 Å². The molecule has 1 atom stereocenters. The van der Waals surface area contributed by atoms with Gasteiger partial charge in [0.2, 0.25) is 5.90 Å². The Morgan fingerprint density at radius 1 is 1.21 bits per heavy atom. The first-order chi connectivity index (χ1) is 15.7. The van der Waals surface area contributed by atoms with Crippen LogP contribution in [0.25, 0.3) is 5.70 Å². The monoisotopic (exact) mass is 464 g/mol. The number of nitrogens with two attached hydrogens (primary N) is 1. The van der Waals surface area contributed by atoms with Crippen LogP contribution in [0.4, 0.5) is 13.2 Å². The number of nitrogens with one attached hydrogen (secondary N) is 1. The Morgan fingerprint density at radius 3 is 2.55 bits per heavy atom. The van der Waals surface area contributed by atoms with E-state index >= 15 is 0 Å². The zero-order valence-corrected chi connectivity index (χ0v) is 19.5. The average molecular weight is 465 g/mol. The smallest absolute Gasteiger partial charge is 0.416 e. The summed E-state index contributed by atoms with van der Waals surface area (Å²) in [4.78, 5) is 6.26. The lowest BCUT2D eigenvalue weighted by Crippen LogP contribution is -2.44. The van der Waals surface area contributed by atoms with Crippen molar-refractivity contribution >= 4 is 17.6 Å². The Bertz CT molecular complexity index is 888. The molecule has 2 fully saturated rings. The number of hydrogen-bond donors (Lipinski definition) is 2. The fraction of sp³-hybridized carbons (Fsp3) is 0.600. The number of allylic oxidation sites excluding steroid dienone is 1. The Kier molecular flexibility index (Phi) is 8.43. The van der Waals surface area contributed by atoms with Gasteiger partial charge in [-0.15, -0.1) is 0 Å². The Morgan fingerprint density at radius 2 is 1.94 bits per heavy atom. The highest BCUT2D eigenvalue weighted by molar-refractivity contribution is 5.91. The Balaban J connectivity index is 1.86. The number of ether oxygens (including phenoxy) is 1. The first-order valence-corrected chi connectivity index (χ1v) is 11.8. The molecule has 8 heteroatoms. The van der Waals surface area contributed by atoms with Gasteiger partial charge >= 0.3 is 6.18 Å². The number of aliphatic imine (C=N–C) groups is 1. The summed E-state index contributed by atoms with van der Waals surface area (Å²) < 4.78 is 47.3. The molecule has 1 aliphatic heterocycles. The second-order valence-corrected chi connectivity index (χ2v) is 8.98. The predicted molar refractivity (Wildman–Crippen MR) is 126 cm³/mol. The topological polar surface area (TPSA) is 74.7 Å². The molecular weight excluding hydrogens is 429 g/mol. The molecule has 1 aromatic rings. The van der Waals surface area contributed by atoms with Crippen molar-refractivity contribution in [3.63, 3.8) is 0 Å². The van der Waals surface area contributed by atoms with Crippen LogP contribution >= 0.6 is 0 Å². The number of guanidine groups is 1. The maximum Gasteiger partial charge on any atom is 0.416 e. The van der Waals surface area contributed by atoms with E-state index in [1.165, 1.54) is 32.4 Å². The number of methoxy groups -OCH3 is 1. The average Bonchev–Trinajstić information content (AvgIpc) is 3.29. The van der Waals surface area contributed by atoms with Crippen LogP contribution in [0.3, 0.4) is 0 Å². The normalized spacial score (nSPS) is 20.9. The van der Waals surface area contributed by atoms with Crippen LogP contribution in [-0.2, 0) is 17.3 Å². The van der Waals surface area contributed by atoms with Crippen LogP contribution in [0.5, 0.6) is 0 Å². The van der Waals surface area contributed by atoms with Gasteiger partial charge in [-0.1, -0.05) is 50.3 Å². The molecule has 1 saturated heterocycles. The summed E-state index contributed by atoms with van der Waals surface area (Å²) in [7, 11) is 1.48. The lowest BCUT2D eigenvalue weighted by atomic mass is 9.84. The van der Waals surface area contributed by atoms with Crippen LogP contribution in [0, 0.1) is 11.3 Å². The first kappa shape index (κ1) is 25.1. The third kappa shape index (κ3) is 6.30. The van der Waals surface area contributed by atoms with Gasteiger partial charge in [0.1, 0.15) is 6.04 Å². The van der Waals surface area contributed by atoms with Crippen molar-refractivity contribution < 1.29 is 17.9 Å². The second-order valence-electron chi connectivity index (χ2n) is 8.98. The first-order valence-electron chi connectivity index (χ1n) is 11.8. The van der Waals surface area contributed by atoms with Gasteiger partial charge in [0.15, 0.2) is 5.96 Å². The van der Waals surface area contributed by atoms with E-state index in [9.17, 15) is 13.2 Å². The minimum atomic E-state index is -4.43. The lowest BCUT2D eigenvalue weighted by molar-refractivity contribution is -0.138. The van der Waals surface area contributed by atoms with E-state index in [-0.39, 0.29) is 12.0 Å². The van der Waals surface area contributed by atoms with E-state index in [1.54, 1.807) is 30.0 Å². The molecule has 3 N–H and O–H groups in total. The summed E-state index contributed by atoms with van der Waals surface area (Å²) in [5.74, 6) is 0.812. The third-order valence-corrected chi connectivity index (χ3v) is 6.82. The molecule has 182 valence electrons. The van der Waals surface area contributed by atoms with E-state index < -0.39 is 11.7 Å². The number of hydrogen-bond acceptors (Lipinski definition) is 3. The van der Waals surface area contributed by atoms with Gasteiger partial charge in [-0.2, -0.15) is 13.2 Å². The molecule has 2 aliphatic rings. The molecule has 1 unspecified atom stereocenters. The molecule has 1 heterocycles. The molecular formula is C25H35F3N4O. The van der Waals surface area contributed by atoms with Gasteiger partial charge in [-0.3, -0.25) is 5.41 Å². The summed E-state index contributed by atoms with van der Waals surface area (Å²) in [5.41, 5.74) is 6.25. The van der Waals surface area contributed by atoms with Crippen LogP contribution in [0.1, 0.15) is 75.0 Å². The standard InChI is InChI=1S/C25H35F3N4O/c1-3-21(31-23(33-2)22-10-7-15-32(22)24(29)30)19-14-13-18(20(16-19)25(26,27)28)12-11-17-8-5-4-6-9-17/h3,13-14,16-17,22H,4-12,15H2,1-2H3,(H3,29,30)/b21-3-,31-23?. The largest absolute Gasteiger partial charge is 0.483 e. The van der Waals surface area contributed by atoms with Crippen LogP contribution < -0.4 is 5.73 Å². The van der Waals surface area contributed by atoms with Crippen molar-refractivity contribution in [2.45, 2.75) is 76.9 Å². The fourth-order valence-corrected chi connectivity index (χ4v) is 5.04. The molecule has 33 heavy (non-hydrogen) atoms. The van der Waals surface area contributed by atoms with Crippen molar-refractivity contribution in [3.8, 4) is 0 Å². The quantitative estimate of drug-likeness (QED) is 0.402. The molecule has 3 rings (SSSR count). The van der Waals surface area contributed by atoms with Gasteiger partial charge in [-0.25, -0.2) is 4.99 Å². The predicted octanol–water partition coefficient (Wildman–Crippen LogP) is 5.98. The Hall–Kier alpha value is -2.51. The number of nitrogens with zero attached hydrogens (tertiary/aromatic N) is 2. The van der Waals surface area contributed by atoms with Gasteiger partial charge in [0.05, 0.1) is 18.4 Å². The zero-order chi connectivity index (χ0) is 24.0. The number of aryl methyl sites for hydroxylation is 1. The minimum absolute atomic E-state index is 0.0639. The molecule has 1 saturated carbocycles. The maximum atomic E-state index is 14.0. The summed E-state index contributed by atoms with van der Waals surface area (Å²) in [6, 6.07) is 4.23. The molecule has 0 radical (unpaired) electrons. The van der Waals surface area contributed by atoms with Crippen molar-refractivity contribution in [1.82, 2.24) is 4.90 Å². The van der Waals surface area contributed by atoms with Crippen LogP contribution in [0.2, 0.25) is 0 Å². The van der Waals surface area contributed by atoms with Gasteiger partial charge in [0.25, 0.3) is 0 Å². The summed E-state index contributed by atoms with van der Waals surface area (Å²) in [5, 5.41) is 7.77. The van der Waals surface area contributed by atoms with E-state index in [0.717, 1.165) is 32.1 Å². The molecule has 0 bridgehead atoms. The molecule has 5 nitrogen and oxygen atoms in total. The van der Waals surface area contributed by atoms with Gasteiger partial charge in [0, 0.05) is 12.1 Å². The van der Waals surface area contributed by atoms with Crippen molar-refractivity contribution in [2.75, 3.05) is 13.7 Å². The maximum absolute atomic E-state index is 14.0. The van der Waals surface area contributed by atoms with Gasteiger partial charge < -0.3 is 15.4 Å². The lowest BCUT2D eigenvalue weighted by Gasteiger charge is -2.25. The van der Waals surface area contributed by atoms with Crippen molar-refractivity contribution in [2.24, 2.45) is 16.6 Å². The number of halogens is 3. The highest BCUT2D eigenvalue weighted by Gasteiger charge is 2.34. The third-order valence-electron chi connectivity index (χ3n) is 6.82. The number of benzene rings is 1. The van der Waals surface area contributed by atoms with E-state index in [1.807, 2.05) is 0 Å². The molecule has 0 aromatic heterocycles. The number of alkyl halides is 3. The summed E-state index contributed by atoms with van der Waals surface area (Å²) in [6.07, 6.45) is 5.89. The van der Waals surface area contributed by atoms with E-state index in [4.69, 9.17) is 15.9 Å². The number of likely N-dealkylation sites (tertiary alicyclic amines) is 1. The van der Waals surface area contributed by atoms with Crippen molar-refractivity contribution in [1.29, 1.82) is 5.41 Å². The highest BCUT2D eigenvalue weighted by Crippen LogP contribution is 2.36. The molecule has 1 aromatic carbocycles.